The van der Waals surface area contributed by atoms with Gasteiger partial charge in [0.05, 0.1) is 0 Å². The molecule has 0 unspecified atom stereocenters. The van der Waals surface area contributed by atoms with Crippen LogP contribution in [0.15, 0.2) is 109 Å². The van der Waals surface area contributed by atoms with Gasteiger partial charge in [0.1, 0.15) is 0 Å². The number of aryl methyl sites for hydroxylation is 1. The zero-order chi connectivity index (χ0) is 26.6. The van der Waals surface area contributed by atoms with Crippen molar-refractivity contribution < 1.29 is 0 Å². The van der Waals surface area contributed by atoms with Crippen LogP contribution < -0.4 is 4.90 Å². The highest BCUT2D eigenvalue weighted by atomic mass is 32.1. The van der Waals surface area contributed by atoms with E-state index in [1.165, 1.54) is 77.9 Å². The number of unbranched alkanes of at least 4 members (excludes halogenated alkanes) is 1. The molecule has 1 nitrogen and oxygen atoms in total. The quantitative estimate of drug-likeness (QED) is 0.210. The maximum Gasteiger partial charge on any atom is 0.0468 e. The molecule has 0 fully saturated rings. The Balaban J connectivity index is 1.42. The lowest BCUT2D eigenvalue weighted by atomic mass is 9.82. The Morgan fingerprint density at radius 1 is 0.615 bits per heavy atom. The molecule has 192 valence electrons. The second-order valence-electron chi connectivity index (χ2n) is 11.3. The summed E-state index contributed by atoms with van der Waals surface area (Å²) in [5.74, 6) is 0. The van der Waals surface area contributed by atoms with Crippen LogP contribution in [0.2, 0.25) is 0 Å². The van der Waals surface area contributed by atoms with Gasteiger partial charge >= 0.3 is 0 Å². The van der Waals surface area contributed by atoms with Gasteiger partial charge in [-0.15, -0.1) is 11.3 Å². The first-order chi connectivity index (χ1) is 19.0. The summed E-state index contributed by atoms with van der Waals surface area (Å²) in [6.07, 6.45) is 3.52. The van der Waals surface area contributed by atoms with Crippen LogP contribution in [0, 0.1) is 0 Å². The maximum absolute atomic E-state index is 2.46. The van der Waals surface area contributed by atoms with E-state index in [9.17, 15) is 0 Å². The van der Waals surface area contributed by atoms with Crippen molar-refractivity contribution in [2.75, 3.05) is 4.90 Å². The van der Waals surface area contributed by atoms with Gasteiger partial charge in [-0.2, -0.15) is 0 Å². The van der Waals surface area contributed by atoms with Crippen LogP contribution in [0.1, 0.15) is 50.3 Å². The molecular formula is C37H33NS. The molecule has 0 aliphatic heterocycles. The van der Waals surface area contributed by atoms with Crippen molar-refractivity contribution in [1.29, 1.82) is 0 Å². The molecule has 1 heterocycles. The number of fused-ring (bicyclic) bond motifs is 6. The molecule has 0 atom stereocenters. The van der Waals surface area contributed by atoms with Crippen molar-refractivity contribution in [2.45, 2.75) is 45.4 Å². The molecule has 0 saturated carbocycles. The fraction of sp³-hybridized carbons (Fsp3) is 0.189. The molecule has 0 amide bonds. The van der Waals surface area contributed by atoms with Gasteiger partial charge in [0.2, 0.25) is 0 Å². The molecule has 2 heteroatoms. The fourth-order valence-corrected chi connectivity index (χ4v) is 7.45. The highest BCUT2D eigenvalue weighted by Gasteiger charge is 2.35. The lowest BCUT2D eigenvalue weighted by molar-refractivity contribution is 0.660. The van der Waals surface area contributed by atoms with Crippen molar-refractivity contribution >= 4 is 48.6 Å². The normalized spacial score (nSPS) is 13.5. The van der Waals surface area contributed by atoms with Gasteiger partial charge in [0.25, 0.3) is 0 Å². The number of rotatable bonds is 6. The minimum Gasteiger partial charge on any atom is -0.310 e. The maximum atomic E-state index is 2.46. The summed E-state index contributed by atoms with van der Waals surface area (Å²) in [5, 5.41) is 2.66. The SMILES string of the molecule is CCCCc1cccc(N(c2ccc3c(c2)C(C)(C)c2ccccc2-3)c2ccc3sc4ccccc4c3c2)c1. The molecule has 6 aromatic rings. The van der Waals surface area contributed by atoms with Crippen LogP contribution >= 0.6 is 11.3 Å². The zero-order valence-electron chi connectivity index (χ0n) is 22.9. The van der Waals surface area contributed by atoms with Crippen molar-refractivity contribution in [2.24, 2.45) is 0 Å². The Kier molecular flexibility index (Phi) is 5.82. The Hall–Kier alpha value is -3.88. The monoisotopic (exact) mass is 523 g/mol. The first-order valence-corrected chi connectivity index (χ1v) is 14.9. The minimum absolute atomic E-state index is 0.0376. The molecule has 0 saturated heterocycles. The number of anilines is 3. The molecule has 0 spiro atoms. The van der Waals surface area contributed by atoms with E-state index in [4.69, 9.17) is 0 Å². The van der Waals surface area contributed by atoms with E-state index in [1.807, 2.05) is 11.3 Å². The lowest BCUT2D eigenvalue weighted by Crippen LogP contribution is -2.16. The summed E-state index contributed by atoms with van der Waals surface area (Å²) in [6, 6.07) is 40.9. The fourth-order valence-electron chi connectivity index (χ4n) is 6.36. The summed E-state index contributed by atoms with van der Waals surface area (Å²) < 4.78 is 2.68. The molecule has 1 aliphatic rings. The van der Waals surface area contributed by atoms with Crippen LogP contribution in [-0.4, -0.2) is 0 Å². The Morgan fingerprint density at radius 3 is 2.23 bits per heavy atom. The van der Waals surface area contributed by atoms with Crippen LogP contribution in [0.25, 0.3) is 31.3 Å². The second kappa shape index (κ2) is 9.39. The predicted octanol–water partition coefficient (Wildman–Crippen LogP) is 11.2. The molecule has 1 aromatic heterocycles. The van der Waals surface area contributed by atoms with Gasteiger partial charge in [0.15, 0.2) is 0 Å². The molecule has 0 bridgehead atoms. The molecule has 1 aliphatic carbocycles. The van der Waals surface area contributed by atoms with Crippen LogP contribution in [0.3, 0.4) is 0 Å². The standard InChI is InChI=1S/C37H33NS/c1-4-5-11-25-12-10-13-26(22-25)38(27-19-21-36-32(23-27)31-15-7-9-17-35(31)39-36)28-18-20-30-29-14-6-8-16-33(29)37(2,3)34(30)24-28/h6-10,12-24H,4-5,11H2,1-3H3. The first kappa shape index (κ1) is 24.2. The van der Waals surface area contributed by atoms with Crippen LogP contribution in [0.4, 0.5) is 17.1 Å². The number of thiophene rings is 1. The van der Waals surface area contributed by atoms with Crippen molar-refractivity contribution in [3.8, 4) is 11.1 Å². The van der Waals surface area contributed by atoms with Crippen molar-refractivity contribution in [3.05, 3.63) is 126 Å². The number of hydrogen-bond donors (Lipinski definition) is 0. The first-order valence-electron chi connectivity index (χ1n) is 14.1. The predicted molar refractivity (Wildman–Crippen MR) is 170 cm³/mol. The minimum atomic E-state index is -0.0376. The Morgan fingerprint density at radius 2 is 1.33 bits per heavy atom. The molecular weight excluding hydrogens is 490 g/mol. The third-order valence-electron chi connectivity index (χ3n) is 8.43. The summed E-state index contributed by atoms with van der Waals surface area (Å²) in [5.41, 5.74) is 10.5. The summed E-state index contributed by atoms with van der Waals surface area (Å²) >= 11 is 1.88. The molecule has 39 heavy (non-hydrogen) atoms. The molecule has 0 radical (unpaired) electrons. The molecule has 0 N–H and O–H groups in total. The summed E-state index contributed by atoms with van der Waals surface area (Å²) in [6.45, 7) is 6.99. The summed E-state index contributed by atoms with van der Waals surface area (Å²) in [7, 11) is 0. The van der Waals surface area contributed by atoms with Gasteiger partial charge in [-0.25, -0.2) is 0 Å². The zero-order valence-corrected chi connectivity index (χ0v) is 23.7. The Labute approximate surface area is 235 Å². The van der Waals surface area contributed by atoms with Crippen LogP contribution in [-0.2, 0) is 11.8 Å². The molecule has 7 rings (SSSR count). The van der Waals surface area contributed by atoms with Gasteiger partial charge < -0.3 is 4.90 Å². The average molecular weight is 524 g/mol. The number of benzene rings is 5. The van der Waals surface area contributed by atoms with E-state index in [0.717, 1.165) is 6.42 Å². The lowest BCUT2D eigenvalue weighted by Gasteiger charge is -2.28. The van der Waals surface area contributed by atoms with E-state index in [1.54, 1.807) is 0 Å². The third kappa shape index (κ3) is 3.97. The topological polar surface area (TPSA) is 3.24 Å². The van der Waals surface area contributed by atoms with Gasteiger partial charge in [-0.05, 0) is 89.2 Å². The van der Waals surface area contributed by atoms with Gasteiger partial charge in [-0.1, -0.05) is 87.9 Å². The largest absolute Gasteiger partial charge is 0.310 e. The van der Waals surface area contributed by atoms with E-state index < -0.39 is 0 Å². The third-order valence-corrected chi connectivity index (χ3v) is 9.58. The van der Waals surface area contributed by atoms with E-state index in [-0.39, 0.29) is 5.41 Å². The number of hydrogen-bond acceptors (Lipinski definition) is 2. The average Bonchev–Trinajstić information content (AvgIpc) is 3.45. The summed E-state index contributed by atoms with van der Waals surface area (Å²) in [4.78, 5) is 2.46. The Bertz CT molecular complexity index is 1840. The van der Waals surface area contributed by atoms with Gasteiger partial charge in [-0.3, -0.25) is 0 Å². The highest BCUT2D eigenvalue weighted by molar-refractivity contribution is 7.25. The second-order valence-corrected chi connectivity index (χ2v) is 12.4. The number of nitrogens with zero attached hydrogens (tertiary/aromatic N) is 1. The van der Waals surface area contributed by atoms with E-state index in [2.05, 4.69) is 135 Å². The smallest absolute Gasteiger partial charge is 0.0468 e. The van der Waals surface area contributed by atoms with E-state index in [0.29, 0.717) is 0 Å². The van der Waals surface area contributed by atoms with Crippen molar-refractivity contribution in [1.82, 2.24) is 0 Å². The highest BCUT2D eigenvalue weighted by Crippen LogP contribution is 2.50. The van der Waals surface area contributed by atoms with Gasteiger partial charge in [0, 0.05) is 42.6 Å². The van der Waals surface area contributed by atoms with E-state index >= 15 is 0 Å². The van der Waals surface area contributed by atoms with Crippen LogP contribution in [0.5, 0.6) is 0 Å². The molecule has 5 aromatic carbocycles. The van der Waals surface area contributed by atoms with Crippen molar-refractivity contribution in [3.63, 3.8) is 0 Å².